The summed E-state index contributed by atoms with van der Waals surface area (Å²) in [7, 11) is 3.77. The molecule has 0 unspecified atom stereocenters. The van der Waals surface area contributed by atoms with Gasteiger partial charge in [-0.25, -0.2) is 4.31 Å². The molecule has 1 saturated heterocycles. The summed E-state index contributed by atoms with van der Waals surface area (Å²) in [6.45, 7) is 1.86. The first kappa shape index (κ1) is 21.1. The SMILES string of the molecule is Nc1cccc(CCCSSN2CCC3(CC2)N=C(C2CCCCC2)NC3=O)c1. The maximum absolute atomic E-state index is 12.7. The van der Waals surface area contributed by atoms with Crippen molar-refractivity contribution in [3.63, 3.8) is 0 Å². The Kier molecular flexibility index (Phi) is 7.08. The molecule has 2 aliphatic heterocycles. The lowest BCUT2D eigenvalue weighted by Crippen LogP contribution is -2.47. The molecule has 0 bridgehead atoms. The van der Waals surface area contributed by atoms with E-state index in [0.29, 0.717) is 5.92 Å². The van der Waals surface area contributed by atoms with Crippen LogP contribution in [-0.4, -0.2) is 40.4 Å². The summed E-state index contributed by atoms with van der Waals surface area (Å²) in [4.78, 5) is 17.7. The fourth-order valence-electron chi connectivity index (χ4n) is 4.58. The van der Waals surface area contributed by atoms with Crippen LogP contribution >= 0.6 is 21.8 Å². The van der Waals surface area contributed by atoms with Crippen LogP contribution in [0.15, 0.2) is 29.3 Å². The predicted octanol–water partition coefficient (Wildman–Crippen LogP) is 4.44. The third kappa shape index (κ3) is 5.30. The van der Waals surface area contributed by atoms with Crippen molar-refractivity contribution in [1.82, 2.24) is 9.62 Å². The monoisotopic (exact) mass is 432 g/mol. The van der Waals surface area contributed by atoms with E-state index in [9.17, 15) is 4.79 Å². The molecule has 2 fully saturated rings. The van der Waals surface area contributed by atoms with Crippen molar-refractivity contribution in [3.05, 3.63) is 29.8 Å². The van der Waals surface area contributed by atoms with Gasteiger partial charge in [-0.1, -0.05) is 42.2 Å². The lowest BCUT2D eigenvalue weighted by molar-refractivity contribution is -0.124. The Morgan fingerprint density at radius 2 is 2.00 bits per heavy atom. The molecule has 5 nitrogen and oxygen atoms in total. The number of amidine groups is 1. The van der Waals surface area contributed by atoms with E-state index in [-0.39, 0.29) is 5.91 Å². The number of piperidine rings is 1. The van der Waals surface area contributed by atoms with E-state index in [1.165, 1.54) is 37.7 Å². The largest absolute Gasteiger partial charge is 0.399 e. The minimum absolute atomic E-state index is 0.150. The van der Waals surface area contributed by atoms with Crippen LogP contribution in [-0.2, 0) is 11.2 Å². The Balaban J connectivity index is 1.18. The summed E-state index contributed by atoms with van der Waals surface area (Å²) in [6, 6.07) is 8.17. The summed E-state index contributed by atoms with van der Waals surface area (Å²) in [6.07, 6.45) is 10.1. The number of amides is 1. The Morgan fingerprint density at radius 3 is 2.76 bits per heavy atom. The van der Waals surface area contributed by atoms with Gasteiger partial charge in [0.15, 0.2) is 0 Å². The molecule has 3 aliphatic rings. The second kappa shape index (κ2) is 9.75. The number of hydrogen-bond acceptors (Lipinski definition) is 6. The lowest BCUT2D eigenvalue weighted by Gasteiger charge is -2.34. The van der Waals surface area contributed by atoms with E-state index in [0.717, 1.165) is 56.0 Å². The number of hydrogen-bond donors (Lipinski definition) is 2. The lowest BCUT2D eigenvalue weighted by atomic mass is 9.88. The van der Waals surface area contributed by atoms with Crippen LogP contribution in [0.2, 0.25) is 0 Å². The molecule has 1 spiro atoms. The highest BCUT2D eigenvalue weighted by molar-refractivity contribution is 8.75. The Bertz CT molecular complexity index is 740. The predicted molar refractivity (Wildman–Crippen MR) is 125 cm³/mol. The summed E-state index contributed by atoms with van der Waals surface area (Å²) < 4.78 is 2.40. The number of aliphatic imine (C=N–C) groups is 1. The van der Waals surface area contributed by atoms with Gasteiger partial charge in [-0.05, 0) is 67.2 Å². The first-order chi connectivity index (χ1) is 14.1. The maximum Gasteiger partial charge on any atom is 0.253 e. The number of rotatable bonds is 7. The van der Waals surface area contributed by atoms with E-state index in [2.05, 4.69) is 21.8 Å². The Labute approximate surface area is 182 Å². The molecule has 7 heteroatoms. The van der Waals surface area contributed by atoms with Crippen molar-refractivity contribution in [2.75, 3.05) is 24.6 Å². The molecular weight excluding hydrogens is 400 g/mol. The van der Waals surface area contributed by atoms with Gasteiger partial charge >= 0.3 is 0 Å². The van der Waals surface area contributed by atoms with Crippen LogP contribution < -0.4 is 11.1 Å². The van der Waals surface area contributed by atoms with Gasteiger partial charge in [0.05, 0.1) is 0 Å². The number of carbonyl (C=O) groups is 1. The highest BCUT2D eigenvalue weighted by atomic mass is 33.1. The van der Waals surface area contributed by atoms with Crippen molar-refractivity contribution >= 4 is 39.2 Å². The third-order valence-electron chi connectivity index (χ3n) is 6.34. The summed E-state index contributed by atoms with van der Waals surface area (Å²) in [5, 5.41) is 3.15. The number of aryl methyl sites for hydroxylation is 1. The van der Waals surface area contributed by atoms with Gasteiger partial charge in [0.25, 0.3) is 5.91 Å². The fourth-order valence-corrected chi connectivity index (χ4v) is 6.87. The number of anilines is 1. The zero-order valence-electron chi connectivity index (χ0n) is 17.1. The van der Waals surface area contributed by atoms with Crippen molar-refractivity contribution < 1.29 is 4.79 Å². The van der Waals surface area contributed by atoms with Crippen LogP contribution in [0.1, 0.15) is 56.9 Å². The summed E-state index contributed by atoms with van der Waals surface area (Å²) in [5.74, 6) is 2.74. The van der Waals surface area contributed by atoms with Crippen LogP contribution in [0.25, 0.3) is 0 Å². The highest BCUT2D eigenvalue weighted by Gasteiger charge is 2.46. The number of nitrogen functional groups attached to an aromatic ring is 1. The molecule has 4 rings (SSSR count). The molecular formula is C22H32N4OS2. The normalized spacial score (nSPS) is 22.6. The molecule has 1 amide bonds. The fraction of sp³-hybridized carbons (Fsp3) is 0.636. The number of nitrogens with one attached hydrogen (secondary N) is 1. The molecule has 1 aromatic rings. The van der Waals surface area contributed by atoms with Crippen LogP contribution in [0.5, 0.6) is 0 Å². The molecule has 1 aliphatic carbocycles. The van der Waals surface area contributed by atoms with E-state index in [1.807, 2.05) is 33.9 Å². The number of carbonyl (C=O) groups excluding carboxylic acids is 1. The van der Waals surface area contributed by atoms with Gasteiger partial charge in [0.2, 0.25) is 0 Å². The minimum atomic E-state index is -0.484. The average molecular weight is 433 g/mol. The maximum atomic E-state index is 12.7. The van der Waals surface area contributed by atoms with Gasteiger partial charge in [0, 0.05) is 30.4 Å². The first-order valence-electron chi connectivity index (χ1n) is 10.9. The molecule has 29 heavy (non-hydrogen) atoms. The van der Waals surface area contributed by atoms with E-state index >= 15 is 0 Å². The van der Waals surface area contributed by atoms with Gasteiger partial charge in [-0.2, -0.15) is 0 Å². The van der Waals surface area contributed by atoms with Gasteiger partial charge in [-0.3, -0.25) is 9.79 Å². The van der Waals surface area contributed by atoms with Crippen LogP contribution in [0.4, 0.5) is 5.69 Å². The smallest absolute Gasteiger partial charge is 0.253 e. The highest BCUT2D eigenvalue weighted by Crippen LogP contribution is 2.38. The Hall–Kier alpha value is -1.18. The molecule has 158 valence electrons. The average Bonchev–Trinajstić information content (AvgIpc) is 3.06. The molecule has 1 aromatic carbocycles. The molecule has 0 atom stereocenters. The number of nitrogens with zero attached hydrogens (tertiary/aromatic N) is 2. The molecule has 0 aromatic heterocycles. The van der Waals surface area contributed by atoms with Gasteiger partial charge < -0.3 is 11.1 Å². The topological polar surface area (TPSA) is 70.7 Å². The van der Waals surface area contributed by atoms with Crippen molar-refractivity contribution in [3.8, 4) is 0 Å². The molecule has 1 saturated carbocycles. The van der Waals surface area contributed by atoms with Crippen LogP contribution in [0.3, 0.4) is 0 Å². The van der Waals surface area contributed by atoms with Crippen molar-refractivity contribution in [1.29, 1.82) is 0 Å². The quantitative estimate of drug-likeness (QED) is 0.288. The van der Waals surface area contributed by atoms with Crippen molar-refractivity contribution in [2.24, 2.45) is 10.9 Å². The van der Waals surface area contributed by atoms with Crippen LogP contribution in [0, 0.1) is 5.92 Å². The third-order valence-corrected chi connectivity index (χ3v) is 8.93. The van der Waals surface area contributed by atoms with Gasteiger partial charge in [0.1, 0.15) is 11.4 Å². The van der Waals surface area contributed by atoms with E-state index in [1.54, 1.807) is 0 Å². The van der Waals surface area contributed by atoms with Gasteiger partial charge in [-0.15, -0.1) is 0 Å². The molecule has 2 heterocycles. The zero-order chi connectivity index (χ0) is 20.1. The minimum Gasteiger partial charge on any atom is -0.399 e. The van der Waals surface area contributed by atoms with E-state index in [4.69, 9.17) is 10.7 Å². The number of nitrogens with two attached hydrogens (primary N) is 1. The molecule has 3 N–H and O–H groups in total. The Morgan fingerprint density at radius 1 is 1.21 bits per heavy atom. The summed E-state index contributed by atoms with van der Waals surface area (Å²) in [5.41, 5.74) is 7.52. The first-order valence-corrected chi connectivity index (χ1v) is 13.2. The number of benzene rings is 1. The molecule has 0 radical (unpaired) electrons. The second-order valence-electron chi connectivity index (χ2n) is 8.49. The zero-order valence-corrected chi connectivity index (χ0v) is 18.7. The second-order valence-corrected chi connectivity index (χ2v) is 11.0. The van der Waals surface area contributed by atoms with Crippen molar-refractivity contribution in [2.45, 2.75) is 63.3 Å². The van der Waals surface area contributed by atoms with E-state index < -0.39 is 5.54 Å². The standard InChI is InChI=1S/C22H32N4OS2/c23-19-10-4-6-17(16-19)7-5-15-28-29-26-13-11-22(12-14-26)21(27)24-20(25-22)18-8-2-1-3-9-18/h4,6,10,16,18H,1-3,5,7-9,11-15,23H2,(H,24,25,27). The summed E-state index contributed by atoms with van der Waals surface area (Å²) >= 11 is 0.